The number of hydrogen-bond donors (Lipinski definition) is 0. The molecule has 0 radical (unpaired) electrons. The third kappa shape index (κ3) is 6.36. The number of methoxy groups -OCH3 is 1. The van der Waals surface area contributed by atoms with E-state index in [1.54, 1.807) is 7.11 Å². The Morgan fingerprint density at radius 1 is 0.947 bits per heavy atom. The number of aromatic nitrogens is 3. The number of pyridine rings is 1. The summed E-state index contributed by atoms with van der Waals surface area (Å²) in [5.74, 6) is 2.51. The molecule has 2 aromatic carbocycles. The molecular weight excluding hydrogens is 470 g/mol. The van der Waals surface area contributed by atoms with E-state index in [0.29, 0.717) is 0 Å². The summed E-state index contributed by atoms with van der Waals surface area (Å²) in [4.78, 5) is 21.3. The highest BCUT2D eigenvalue weighted by Crippen LogP contribution is 2.31. The zero-order chi connectivity index (χ0) is 27.1. The van der Waals surface area contributed by atoms with Gasteiger partial charge in [-0.3, -0.25) is 9.98 Å². The van der Waals surface area contributed by atoms with Gasteiger partial charge in [0.2, 0.25) is 0 Å². The Hall–Kier alpha value is -3.80. The summed E-state index contributed by atoms with van der Waals surface area (Å²) in [5.41, 5.74) is 7.53. The number of nitrogens with zero attached hydrogens (tertiary/aromatic N) is 5. The van der Waals surface area contributed by atoms with Gasteiger partial charge in [-0.1, -0.05) is 32.4 Å². The lowest BCUT2D eigenvalue weighted by molar-refractivity contribution is 0.415. The molecule has 38 heavy (non-hydrogen) atoms. The predicted octanol–water partition coefficient (Wildman–Crippen LogP) is 7.93. The molecule has 4 aromatic rings. The lowest BCUT2D eigenvalue weighted by Gasteiger charge is -2.26. The molecule has 0 aliphatic rings. The van der Waals surface area contributed by atoms with Crippen molar-refractivity contribution in [3.63, 3.8) is 0 Å². The van der Waals surface area contributed by atoms with Crippen LogP contribution in [-0.4, -0.2) is 34.8 Å². The van der Waals surface area contributed by atoms with Crippen LogP contribution in [0.2, 0.25) is 0 Å². The van der Waals surface area contributed by atoms with Gasteiger partial charge in [0.15, 0.2) is 0 Å². The Kier molecular flexibility index (Phi) is 9.06. The van der Waals surface area contributed by atoms with Crippen molar-refractivity contribution < 1.29 is 4.74 Å². The first kappa shape index (κ1) is 27.2. The minimum Gasteiger partial charge on any atom is -0.497 e. The number of fused-ring (bicyclic) bond motifs is 1. The van der Waals surface area contributed by atoms with E-state index >= 15 is 0 Å². The Bertz CT molecular complexity index is 1430. The molecule has 0 aliphatic heterocycles. The van der Waals surface area contributed by atoms with E-state index in [2.05, 4.69) is 66.0 Å². The van der Waals surface area contributed by atoms with E-state index in [-0.39, 0.29) is 0 Å². The Morgan fingerprint density at radius 3 is 2.55 bits per heavy atom. The molecule has 0 bridgehead atoms. The maximum absolute atomic E-state index is 5.44. The summed E-state index contributed by atoms with van der Waals surface area (Å²) in [6, 6.07) is 14.8. The van der Waals surface area contributed by atoms with Gasteiger partial charge in [-0.25, -0.2) is 9.97 Å². The molecule has 0 saturated heterocycles. The SMILES string of the molecule is CCCCC=Nc1cc(-c2ccc(C)c(CN(CCC)c3nc(C)nc4cc(OC)ccc34)c2)cnc1C. The molecule has 0 N–H and O–H groups in total. The predicted molar refractivity (Wildman–Crippen MR) is 159 cm³/mol. The van der Waals surface area contributed by atoms with Crippen molar-refractivity contribution in [3.05, 3.63) is 71.3 Å². The van der Waals surface area contributed by atoms with Crippen molar-refractivity contribution in [2.45, 2.75) is 66.8 Å². The van der Waals surface area contributed by atoms with Gasteiger partial charge >= 0.3 is 0 Å². The molecule has 6 heteroatoms. The van der Waals surface area contributed by atoms with Crippen LogP contribution in [0, 0.1) is 20.8 Å². The first-order valence-electron chi connectivity index (χ1n) is 13.6. The van der Waals surface area contributed by atoms with Crippen LogP contribution < -0.4 is 9.64 Å². The van der Waals surface area contributed by atoms with E-state index in [1.807, 2.05) is 38.4 Å². The second-order valence-corrected chi connectivity index (χ2v) is 9.82. The fourth-order valence-corrected chi connectivity index (χ4v) is 4.60. The van der Waals surface area contributed by atoms with E-state index in [0.717, 1.165) is 83.2 Å². The summed E-state index contributed by atoms with van der Waals surface area (Å²) >= 11 is 0. The standard InChI is InChI=1S/C32H39N5O/c1-7-9-10-15-33-30-18-26(20-34-23(30)4)25-12-11-22(3)27(17-25)21-37(16-8-2)32-29-14-13-28(38-6)19-31(29)35-24(5)36-32/h11-15,17-20H,7-10,16,21H2,1-6H3. The topological polar surface area (TPSA) is 63.5 Å². The first-order chi connectivity index (χ1) is 18.4. The molecule has 198 valence electrons. The van der Waals surface area contributed by atoms with Crippen LogP contribution in [0.4, 0.5) is 11.5 Å². The Labute approximate surface area is 226 Å². The van der Waals surface area contributed by atoms with E-state index in [4.69, 9.17) is 14.7 Å². The van der Waals surface area contributed by atoms with E-state index in [9.17, 15) is 0 Å². The largest absolute Gasteiger partial charge is 0.497 e. The normalized spacial score (nSPS) is 11.4. The third-order valence-electron chi connectivity index (χ3n) is 6.81. The number of hydrogen-bond acceptors (Lipinski definition) is 6. The summed E-state index contributed by atoms with van der Waals surface area (Å²) in [7, 11) is 1.68. The van der Waals surface area contributed by atoms with Crippen molar-refractivity contribution in [3.8, 4) is 16.9 Å². The zero-order valence-corrected chi connectivity index (χ0v) is 23.6. The molecule has 6 nitrogen and oxygen atoms in total. The van der Waals surface area contributed by atoms with Crippen LogP contribution in [0.25, 0.3) is 22.0 Å². The van der Waals surface area contributed by atoms with Crippen molar-refractivity contribution >= 4 is 28.6 Å². The van der Waals surface area contributed by atoms with Crippen molar-refractivity contribution in [1.29, 1.82) is 0 Å². The zero-order valence-electron chi connectivity index (χ0n) is 23.6. The number of anilines is 1. The maximum atomic E-state index is 5.44. The molecule has 0 fully saturated rings. The number of aliphatic imine (C=N–C) groups is 1. The minimum absolute atomic E-state index is 0.755. The van der Waals surface area contributed by atoms with Gasteiger partial charge in [0, 0.05) is 42.5 Å². The smallest absolute Gasteiger partial charge is 0.140 e. The summed E-state index contributed by atoms with van der Waals surface area (Å²) in [6.07, 6.45) is 8.30. The second kappa shape index (κ2) is 12.6. The number of aryl methyl sites for hydroxylation is 3. The summed E-state index contributed by atoms with van der Waals surface area (Å²) in [5, 5.41) is 1.03. The van der Waals surface area contributed by atoms with Gasteiger partial charge in [-0.15, -0.1) is 0 Å². The lowest BCUT2D eigenvalue weighted by atomic mass is 9.99. The minimum atomic E-state index is 0.755. The fraction of sp³-hybridized carbons (Fsp3) is 0.375. The van der Waals surface area contributed by atoms with Crippen LogP contribution >= 0.6 is 0 Å². The molecule has 0 atom stereocenters. The summed E-state index contributed by atoms with van der Waals surface area (Å²) < 4.78 is 5.44. The highest BCUT2D eigenvalue weighted by molar-refractivity contribution is 5.90. The molecule has 0 unspecified atom stereocenters. The Morgan fingerprint density at radius 2 is 1.79 bits per heavy atom. The lowest BCUT2D eigenvalue weighted by Crippen LogP contribution is -2.25. The molecule has 0 spiro atoms. The van der Waals surface area contributed by atoms with Gasteiger partial charge in [-0.2, -0.15) is 0 Å². The van der Waals surface area contributed by atoms with Gasteiger partial charge in [0.25, 0.3) is 0 Å². The Balaban J connectivity index is 1.69. The van der Waals surface area contributed by atoms with Gasteiger partial charge in [-0.05, 0) is 81.0 Å². The third-order valence-corrected chi connectivity index (χ3v) is 6.81. The van der Waals surface area contributed by atoms with Crippen LogP contribution in [0.1, 0.15) is 62.2 Å². The average Bonchev–Trinajstić information content (AvgIpc) is 2.92. The molecule has 0 saturated carbocycles. The number of rotatable bonds is 11. The average molecular weight is 510 g/mol. The van der Waals surface area contributed by atoms with Crippen LogP contribution in [0.15, 0.2) is 53.7 Å². The van der Waals surface area contributed by atoms with Crippen LogP contribution in [0.3, 0.4) is 0 Å². The fourth-order valence-electron chi connectivity index (χ4n) is 4.60. The molecule has 0 aliphatic carbocycles. The second-order valence-electron chi connectivity index (χ2n) is 9.82. The van der Waals surface area contributed by atoms with E-state index in [1.165, 1.54) is 17.5 Å². The molecule has 2 heterocycles. The highest BCUT2D eigenvalue weighted by Gasteiger charge is 2.16. The van der Waals surface area contributed by atoms with Crippen molar-refractivity contribution in [2.24, 2.45) is 4.99 Å². The number of unbranched alkanes of at least 4 members (excludes halogenated alkanes) is 2. The van der Waals surface area contributed by atoms with Gasteiger partial charge in [0.1, 0.15) is 17.4 Å². The van der Waals surface area contributed by atoms with Gasteiger partial charge < -0.3 is 9.64 Å². The monoisotopic (exact) mass is 509 g/mol. The van der Waals surface area contributed by atoms with Crippen molar-refractivity contribution in [2.75, 3.05) is 18.6 Å². The van der Waals surface area contributed by atoms with Crippen molar-refractivity contribution in [1.82, 2.24) is 15.0 Å². The molecule has 4 rings (SSSR count). The maximum Gasteiger partial charge on any atom is 0.140 e. The molecule has 0 amide bonds. The quantitative estimate of drug-likeness (QED) is 0.152. The van der Waals surface area contributed by atoms with Gasteiger partial charge in [0.05, 0.1) is 24.0 Å². The highest BCUT2D eigenvalue weighted by atomic mass is 16.5. The van der Waals surface area contributed by atoms with Crippen LogP contribution in [-0.2, 0) is 6.54 Å². The first-order valence-corrected chi connectivity index (χ1v) is 13.6. The number of benzene rings is 2. The summed E-state index contributed by atoms with van der Waals surface area (Å²) in [6.45, 7) is 12.2. The van der Waals surface area contributed by atoms with E-state index < -0.39 is 0 Å². The molecule has 2 aromatic heterocycles. The molecular formula is C32H39N5O. The van der Waals surface area contributed by atoms with Crippen LogP contribution in [0.5, 0.6) is 5.75 Å². The number of ether oxygens (including phenoxy) is 1.